The normalized spacial score (nSPS) is 11.5. The van der Waals surface area contributed by atoms with Crippen molar-refractivity contribution in [2.45, 2.75) is 129 Å². The average Bonchev–Trinajstić information content (AvgIpc) is 2.54. The van der Waals surface area contributed by atoms with E-state index in [2.05, 4.69) is 29.8 Å². The molecule has 0 aromatic heterocycles. The highest BCUT2D eigenvalue weighted by Gasteiger charge is 2.23. The molecule has 3 heteroatoms. The molecule has 0 atom stereocenters. The van der Waals surface area contributed by atoms with Gasteiger partial charge in [0, 0.05) is 10.9 Å². The lowest BCUT2D eigenvalue weighted by Crippen LogP contribution is -2.39. The molecule has 0 aliphatic carbocycles. The highest BCUT2D eigenvalue weighted by Crippen LogP contribution is 2.26. The van der Waals surface area contributed by atoms with Crippen LogP contribution < -0.4 is 5.73 Å². The Hall–Kier alpha value is 0.920. The third-order valence-corrected chi connectivity index (χ3v) is 5.68. The molecule has 0 aliphatic heterocycles. The summed E-state index contributed by atoms with van der Waals surface area (Å²) >= 11 is 3.55. The van der Waals surface area contributed by atoms with Crippen molar-refractivity contribution >= 4 is 32.9 Å². The molecule has 0 amide bonds. The lowest BCUT2D eigenvalue weighted by Gasteiger charge is -2.30. The lowest BCUT2D eigenvalue weighted by atomic mass is 9.83. The molecule has 0 aromatic rings. The van der Waals surface area contributed by atoms with Gasteiger partial charge in [0.05, 0.1) is 0 Å². The summed E-state index contributed by atoms with van der Waals surface area (Å²) in [4.78, 5) is 0. The Balaban J connectivity index is 0. The van der Waals surface area contributed by atoms with E-state index in [0.717, 1.165) is 5.33 Å². The second-order valence-electron chi connectivity index (χ2n) is 7.54. The van der Waals surface area contributed by atoms with Crippen molar-refractivity contribution < 1.29 is 0 Å². The summed E-state index contributed by atoms with van der Waals surface area (Å²) in [5, 5.41) is 1.12. The fourth-order valence-electron chi connectivity index (χ4n) is 3.46. The molecule has 0 bridgehead atoms. The van der Waals surface area contributed by atoms with Crippen LogP contribution in [-0.2, 0) is 0 Å². The first-order valence-corrected chi connectivity index (χ1v) is 11.7. The van der Waals surface area contributed by atoms with Crippen molar-refractivity contribution in [3.05, 3.63) is 0 Å². The largest absolute Gasteiger partial charge is 0.325 e. The van der Waals surface area contributed by atoms with E-state index in [-0.39, 0.29) is 22.5 Å². The van der Waals surface area contributed by atoms with Gasteiger partial charge in [-0.25, -0.2) is 0 Å². The van der Waals surface area contributed by atoms with Crippen LogP contribution in [0.25, 0.3) is 0 Å². The van der Waals surface area contributed by atoms with Gasteiger partial charge in [-0.1, -0.05) is 113 Å². The van der Waals surface area contributed by atoms with Gasteiger partial charge in [-0.2, -0.15) is 0 Å². The Kier molecular flexibility index (Phi) is 22.9. The minimum absolute atomic E-state index is 0. The molecule has 148 valence electrons. The molecule has 0 rings (SSSR count). The predicted octanol–water partition coefficient (Wildman–Crippen LogP) is 8.33. The van der Waals surface area contributed by atoms with E-state index >= 15 is 0 Å². The highest BCUT2D eigenvalue weighted by molar-refractivity contribution is 9.09. The standard InChI is InChI=1S/C21H44BrN.BrH/c1-3-5-7-9-11-13-17-21(23,19-15-16-20-22)18-14-12-10-8-6-4-2;/h3-20,23H2,1-2H3;1H. The minimum Gasteiger partial charge on any atom is -0.325 e. The van der Waals surface area contributed by atoms with E-state index in [1.165, 1.54) is 109 Å². The van der Waals surface area contributed by atoms with Crippen LogP contribution in [0.1, 0.15) is 123 Å². The molecule has 0 spiro atoms. The monoisotopic (exact) mass is 469 g/mol. The Morgan fingerprint density at radius 1 is 0.583 bits per heavy atom. The third kappa shape index (κ3) is 17.7. The van der Waals surface area contributed by atoms with E-state index in [1.807, 2.05) is 0 Å². The lowest BCUT2D eigenvalue weighted by molar-refractivity contribution is 0.306. The van der Waals surface area contributed by atoms with Gasteiger partial charge in [0.2, 0.25) is 0 Å². The molecular weight excluding hydrogens is 426 g/mol. The van der Waals surface area contributed by atoms with Gasteiger partial charge < -0.3 is 5.73 Å². The van der Waals surface area contributed by atoms with Crippen LogP contribution in [-0.4, -0.2) is 10.9 Å². The smallest absolute Gasteiger partial charge is 0.0154 e. The molecule has 0 fully saturated rings. The zero-order valence-electron chi connectivity index (χ0n) is 16.6. The van der Waals surface area contributed by atoms with Gasteiger partial charge in [-0.15, -0.1) is 17.0 Å². The fraction of sp³-hybridized carbons (Fsp3) is 1.00. The second kappa shape index (κ2) is 20.2. The number of unbranched alkanes of at least 4 members (excludes halogenated alkanes) is 11. The SMILES string of the molecule is Br.CCCCCCCCC(N)(CCCCBr)CCCCCCCC. The van der Waals surface area contributed by atoms with Crippen molar-refractivity contribution in [3.8, 4) is 0 Å². The maximum Gasteiger partial charge on any atom is 0.0154 e. The Morgan fingerprint density at radius 3 is 1.29 bits per heavy atom. The molecule has 0 saturated carbocycles. The second-order valence-corrected chi connectivity index (χ2v) is 8.34. The van der Waals surface area contributed by atoms with Crippen molar-refractivity contribution in [1.29, 1.82) is 0 Å². The van der Waals surface area contributed by atoms with E-state index in [0.29, 0.717) is 0 Å². The number of halogens is 2. The van der Waals surface area contributed by atoms with Crippen LogP contribution in [0.4, 0.5) is 0 Å². The number of rotatable bonds is 18. The van der Waals surface area contributed by atoms with Crippen molar-refractivity contribution in [3.63, 3.8) is 0 Å². The van der Waals surface area contributed by atoms with E-state index < -0.39 is 0 Å². The topological polar surface area (TPSA) is 26.0 Å². The maximum atomic E-state index is 6.81. The van der Waals surface area contributed by atoms with Gasteiger partial charge in [-0.3, -0.25) is 0 Å². The highest BCUT2D eigenvalue weighted by atomic mass is 79.9. The zero-order valence-corrected chi connectivity index (χ0v) is 19.9. The summed E-state index contributed by atoms with van der Waals surface area (Å²) in [5.41, 5.74) is 6.93. The van der Waals surface area contributed by atoms with Crippen LogP contribution in [0.3, 0.4) is 0 Å². The maximum absolute atomic E-state index is 6.81. The number of alkyl halides is 1. The number of hydrogen-bond acceptors (Lipinski definition) is 1. The van der Waals surface area contributed by atoms with Crippen LogP contribution in [0.2, 0.25) is 0 Å². The van der Waals surface area contributed by atoms with Crippen molar-refractivity contribution in [2.75, 3.05) is 5.33 Å². The molecule has 0 heterocycles. The predicted molar refractivity (Wildman–Crippen MR) is 121 cm³/mol. The molecule has 2 N–H and O–H groups in total. The first kappa shape index (κ1) is 27.1. The van der Waals surface area contributed by atoms with Crippen LogP contribution in [0.15, 0.2) is 0 Å². The minimum atomic E-state index is 0. The van der Waals surface area contributed by atoms with Gasteiger partial charge >= 0.3 is 0 Å². The molecule has 24 heavy (non-hydrogen) atoms. The van der Waals surface area contributed by atoms with Crippen LogP contribution in [0, 0.1) is 0 Å². The van der Waals surface area contributed by atoms with Gasteiger partial charge in [-0.05, 0) is 25.7 Å². The van der Waals surface area contributed by atoms with Crippen LogP contribution >= 0.6 is 32.9 Å². The van der Waals surface area contributed by atoms with E-state index in [9.17, 15) is 0 Å². The molecule has 0 aliphatic rings. The quantitative estimate of drug-likeness (QED) is 0.158. The first-order chi connectivity index (χ1) is 11.2. The molecule has 0 saturated heterocycles. The number of hydrogen-bond donors (Lipinski definition) is 1. The van der Waals surface area contributed by atoms with Gasteiger partial charge in [0.25, 0.3) is 0 Å². The molecular formula is C21H45Br2N. The summed E-state index contributed by atoms with van der Waals surface area (Å²) in [5.74, 6) is 0. The molecule has 1 nitrogen and oxygen atoms in total. The van der Waals surface area contributed by atoms with Crippen LogP contribution in [0.5, 0.6) is 0 Å². The number of nitrogens with two attached hydrogens (primary N) is 1. The van der Waals surface area contributed by atoms with Crippen molar-refractivity contribution in [1.82, 2.24) is 0 Å². The Morgan fingerprint density at radius 2 is 0.917 bits per heavy atom. The van der Waals surface area contributed by atoms with E-state index in [4.69, 9.17) is 5.73 Å². The summed E-state index contributed by atoms with van der Waals surface area (Å²) in [7, 11) is 0. The van der Waals surface area contributed by atoms with Crippen molar-refractivity contribution in [2.24, 2.45) is 5.73 Å². The molecule has 0 unspecified atom stereocenters. The third-order valence-electron chi connectivity index (χ3n) is 5.11. The molecule has 0 radical (unpaired) electrons. The summed E-state index contributed by atoms with van der Waals surface area (Å²) in [6.45, 7) is 4.57. The average molecular weight is 471 g/mol. The van der Waals surface area contributed by atoms with Gasteiger partial charge in [0.1, 0.15) is 0 Å². The summed E-state index contributed by atoms with van der Waals surface area (Å²) < 4.78 is 0. The molecule has 0 aromatic carbocycles. The Labute approximate surface area is 172 Å². The van der Waals surface area contributed by atoms with E-state index in [1.54, 1.807) is 0 Å². The summed E-state index contributed by atoms with van der Waals surface area (Å²) in [6.07, 6.45) is 22.8. The first-order valence-electron chi connectivity index (χ1n) is 10.5. The zero-order chi connectivity index (χ0) is 17.2. The fourth-order valence-corrected chi connectivity index (χ4v) is 3.86. The summed E-state index contributed by atoms with van der Waals surface area (Å²) in [6, 6.07) is 0. The van der Waals surface area contributed by atoms with Gasteiger partial charge in [0.15, 0.2) is 0 Å². The Bertz CT molecular complexity index is 218.